The lowest BCUT2D eigenvalue weighted by Crippen LogP contribution is -2.11. The van der Waals surface area contributed by atoms with Crippen LogP contribution in [0.4, 0.5) is 0 Å². The zero-order chi connectivity index (χ0) is 6.53. The van der Waals surface area contributed by atoms with Crippen molar-refractivity contribution in [2.24, 2.45) is 0 Å². The molecule has 1 aliphatic heterocycles. The minimum Gasteiger partial charge on any atom is -0.345 e. The molecule has 9 heavy (non-hydrogen) atoms. The van der Waals surface area contributed by atoms with E-state index in [0.717, 1.165) is 18.1 Å². The Hall–Kier alpha value is 0.270. The third-order valence-electron chi connectivity index (χ3n) is 1.11. The van der Waals surface area contributed by atoms with Gasteiger partial charge in [0.1, 0.15) is 0 Å². The van der Waals surface area contributed by atoms with E-state index >= 15 is 0 Å². The third-order valence-corrected chi connectivity index (χ3v) is 2.12. The fourth-order valence-electron chi connectivity index (χ4n) is 0.640. The smallest absolute Gasteiger partial charge is 0.209 e. The van der Waals surface area contributed by atoms with Gasteiger partial charge in [-0.2, -0.15) is 11.8 Å². The van der Waals surface area contributed by atoms with E-state index in [4.69, 9.17) is 9.47 Å². The van der Waals surface area contributed by atoms with Gasteiger partial charge in [-0.25, -0.2) is 0 Å². The van der Waals surface area contributed by atoms with E-state index in [-0.39, 0.29) is 0 Å². The van der Waals surface area contributed by atoms with Crippen LogP contribution in [0.1, 0.15) is 6.92 Å². The van der Waals surface area contributed by atoms with Gasteiger partial charge in [-0.3, -0.25) is 0 Å². The van der Waals surface area contributed by atoms with Gasteiger partial charge >= 0.3 is 0 Å². The van der Waals surface area contributed by atoms with Crippen LogP contribution in [0.2, 0.25) is 0 Å². The molecule has 1 rings (SSSR count). The summed E-state index contributed by atoms with van der Waals surface area (Å²) in [6.45, 7) is 4.30. The van der Waals surface area contributed by atoms with Gasteiger partial charge in [0.15, 0.2) is 0 Å². The van der Waals surface area contributed by atoms with Gasteiger partial charge in [0.2, 0.25) is 6.79 Å². The van der Waals surface area contributed by atoms with E-state index in [0.29, 0.717) is 6.10 Å². The molecule has 0 N–H and O–H groups in total. The van der Waals surface area contributed by atoms with Crippen molar-refractivity contribution in [3.63, 3.8) is 0 Å². The average Bonchev–Trinajstić information content (AvgIpc) is 2.34. The summed E-state index contributed by atoms with van der Waals surface area (Å²) >= 11 is 1.88. The van der Waals surface area contributed by atoms with E-state index in [1.165, 1.54) is 6.79 Å². The maximum absolute atomic E-state index is 5.09. The molecule has 2 nitrogen and oxygen atoms in total. The highest BCUT2D eigenvalue weighted by molar-refractivity contribution is 7.99. The third kappa shape index (κ3) is 2.56. The lowest BCUT2D eigenvalue weighted by atomic mass is 10.4. The molecule has 1 heterocycles. The van der Waals surface area contributed by atoms with Crippen molar-refractivity contribution in [3.05, 3.63) is 6.79 Å². The predicted molar refractivity (Wildman–Crippen MR) is 38.1 cm³/mol. The number of thioether (sulfide) groups is 1. The molecule has 0 aromatic rings. The first-order chi connectivity index (χ1) is 4.43. The molecular weight excluding hydrogens is 136 g/mol. The minimum absolute atomic E-state index is 0.301. The Balaban J connectivity index is 1.98. The van der Waals surface area contributed by atoms with Crippen molar-refractivity contribution in [3.8, 4) is 0 Å². The normalized spacial score (nSPS) is 27.0. The average molecular weight is 147 g/mol. The van der Waals surface area contributed by atoms with Crippen LogP contribution >= 0.6 is 11.8 Å². The first-order valence-electron chi connectivity index (χ1n) is 3.10. The molecule has 3 heteroatoms. The second-order valence-electron chi connectivity index (χ2n) is 1.85. The Labute approximate surface area is 59.9 Å². The Morgan fingerprint density at radius 2 is 2.67 bits per heavy atom. The standard InChI is InChI=1S/C6H11O2S/c1-2-9-4-6-3-7-5-8-6/h5-6H,2-4H2,1H3. The lowest BCUT2D eigenvalue weighted by Gasteiger charge is -2.03. The highest BCUT2D eigenvalue weighted by Gasteiger charge is 2.15. The summed E-state index contributed by atoms with van der Waals surface area (Å²) in [6.07, 6.45) is 0.301. The molecule has 53 valence electrons. The van der Waals surface area contributed by atoms with Crippen molar-refractivity contribution in [1.82, 2.24) is 0 Å². The molecule has 1 radical (unpaired) electrons. The maximum atomic E-state index is 5.09. The summed E-state index contributed by atoms with van der Waals surface area (Å²) < 4.78 is 9.98. The van der Waals surface area contributed by atoms with Gasteiger partial charge < -0.3 is 9.47 Å². The number of hydrogen-bond donors (Lipinski definition) is 0. The topological polar surface area (TPSA) is 18.5 Å². The minimum atomic E-state index is 0.301. The zero-order valence-corrected chi connectivity index (χ0v) is 6.32. The van der Waals surface area contributed by atoms with Gasteiger partial charge in [0, 0.05) is 5.75 Å². The Kier molecular flexibility index (Phi) is 3.40. The molecular formula is C6H11O2S. The first-order valence-corrected chi connectivity index (χ1v) is 4.25. The number of rotatable bonds is 3. The van der Waals surface area contributed by atoms with Gasteiger partial charge in [-0.05, 0) is 5.75 Å². The van der Waals surface area contributed by atoms with Crippen molar-refractivity contribution >= 4 is 11.8 Å². The Morgan fingerprint density at radius 3 is 3.22 bits per heavy atom. The molecule has 1 saturated heterocycles. The van der Waals surface area contributed by atoms with Crippen LogP contribution in [-0.2, 0) is 9.47 Å². The van der Waals surface area contributed by atoms with Crippen LogP contribution < -0.4 is 0 Å². The Bertz CT molecular complexity index is 71.5. The molecule has 1 aliphatic rings. The van der Waals surface area contributed by atoms with Gasteiger partial charge in [-0.1, -0.05) is 6.92 Å². The predicted octanol–water partition coefficient (Wildman–Crippen LogP) is 1.27. The fourth-order valence-corrected chi connectivity index (χ4v) is 1.31. The maximum Gasteiger partial charge on any atom is 0.209 e. The van der Waals surface area contributed by atoms with E-state index in [2.05, 4.69) is 6.92 Å². The molecule has 0 saturated carbocycles. The molecule has 0 spiro atoms. The second kappa shape index (κ2) is 4.14. The summed E-state index contributed by atoms with van der Waals surface area (Å²) in [6, 6.07) is 0. The summed E-state index contributed by atoms with van der Waals surface area (Å²) in [5.41, 5.74) is 0. The van der Waals surface area contributed by atoms with Crippen LogP contribution in [0.3, 0.4) is 0 Å². The quantitative estimate of drug-likeness (QED) is 0.599. The van der Waals surface area contributed by atoms with Crippen molar-refractivity contribution < 1.29 is 9.47 Å². The van der Waals surface area contributed by atoms with E-state index in [9.17, 15) is 0 Å². The number of ether oxygens (including phenoxy) is 2. The fraction of sp³-hybridized carbons (Fsp3) is 0.833. The molecule has 0 bridgehead atoms. The van der Waals surface area contributed by atoms with E-state index in [1.54, 1.807) is 0 Å². The molecule has 0 aliphatic carbocycles. The van der Waals surface area contributed by atoms with Gasteiger partial charge in [0.05, 0.1) is 12.7 Å². The van der Waals surface area contributed by atoms with E-state index in [1.807, 2.05) is 11.8 Å². The molecule has 1 atom stereocenters. The van der Waals surface area contributed by atoms with Gasteiger partial charge in [0.25, 0.3) is 0 Å². The molecule has 1 unspecified atom stereocenters. The summed E-state index contributed by atoms with van der Waals surface area (Å²) in [7, 11) is 0. The summed E-state index contributed by atoms with van der Waals surface area (Å²) in [5, 5.41) is 0. The highest BCUT2D eigenvalue weighted by atomic mass is 32.2. The monoisotopic (exact) mass is 147 g/mol. The molecule has 0 aromatic carbocycles. The van der Waals surface area contributed by atoms with Crippen LogP contribution in [0.25, 0.3) is 0 Å². The summed E-state index contributed by atoms with van der Waals surface area (Å²) in [4.78, 5) is 0. The largest absolute Gasteiger partial charge is 0.345 e. The van der Waals surface area contributed by atoms with Crippen molar-refractivity contribution in [2.45, 2.75) is 13.0 Å². The summed E-state index contributed by atoms with van der Waals surface area (Å²) in [5.74, 6) is 2.20. The zero-order valence-electron chi connectivity index (χ0n) is 5.50. The van der Waals surface area contributed by atoms with Crippen LogP contribution in [0, 0.1) is 6.79 Å². The van der Waals surface area contributed by atoms with Crippen molar-refractivity contribution in [2.75, 3.05) is 18.1 Å². The number of hydrogen-bond acceptors (Lipinski definition) is 3. The van der Waals surface area contributed by atoms with Crippen LogP contribution in [-0.4, -0.2) is 24.2 Å². The van der Waals surface area contributed by atoms with Gasteiger partial charge in [-0.15, -0.1) is 0 Å². The Morgan fingerprint density at radius 1 is 1.78 bits per heavy atom. The molecule has 0 aromatic heterocycles. The SMILES string of the molecule is CCSCC1CO[CH]O1. The highest BCUT2D eigenvalue weighted by Crippen LogP contribution is 2.12. The molecule has 0 amide bonds. The molecule has 1 fully saturated rings. The van der Waals surface area contributed by atoms with Crippen molar-refractivity contribution in [1.29, 1.82) is 0 Å². The second-order valence-corrected chi connectivity index (χ2v) is 3.17. The van der Waals surface area contributed by atoms with Crippen LogP contribution in [0.15, 0.2) is 0 Å². The lowest BCUT2D eigenvalue weighted by molar-refractivity contribution is 0.137. The van der Waals surface area contributed by atoms with E-state index < -0.39 is 0 Å². The van der Waals surface area contributed by atoms with Crippen LogP contribution in [0.5, 0.6) is 0 Å². The first kappa shape index (κ1) is 7.38.